The van der Waals surface area contributed by atoms with Gasteiger partial charge in [0.15, 0.2) is 0 Å². The van der Waals surface area contributed by atoms with E-state index in [0.29, 0.717) is 12.5 Å². The molecule has 1 saturated heterocycles. The van der Waals surface area contributed by atoms with E-state index in [1.54, 1.807) is 0 Å². The lowest BCUT2D eigenvalue weighted by molar-refractivity contribution is -0.121. The number of benzene rings is 2. The van der Waals surface area contributed by atoms with E-state index in [4.69, 9.17) is 0 Å². The van der Waals surface area contributed by atoms with Crippen molar-refractivity contribution in [3.63, 3.8) is 0 Å². The lowest BCUT2D eigenvalue weighted by Crippen LogP contribution is -2.33. The molecule has 1 amide bonds. The number of fused-ring (bicyclic) bond motifs is 2. The van der Waals surface area contributed by atoms with E-state index in [2.05, 4.69) is 23.3 Å². The van der Waals surface area contributed by atoms with Gasteiger partial charge in [0, 0.05) is 12.1 Å². The molecule has 4 rings (SSSR count). The molecule has 2 heterocycles. The summed E-state index contributed by atoms with van der Waals surface area (Å²) in [6.07, 6.45) is 0. The van der Waals surface area contributed by atoms with Crippen LogP contribution in [0.25, 0.3) is 0 Å². The van der Waals surface area contributed by atoms with Crippen LogP contribution in [0.4, 0.5) is 5.69 Å². The summed E-state index contributed by atoms with van der Waals surface area (Å²) < 4.78 is 0. The van der Waals surface area contributed by atoms with Crippen molar-refractivity contribution in [2.75, 3.05) is 0 Å². The number of hydrogen-bond acceptors (Lipinski definition) is 3. The van der Waals surface area contributed by atoms with Crippen molar-refractivity contribution >= 4 is 17.6 Å². The number of nitrogens with zero attached hydrogens (tertiary/aromatic N) is 2. The normalized spacial score (nSPS) is 19.7. The summed E-state index contributed by atoms with van der Waals surface area (Å²) in [5.74, 6) is 0.650. The maximum atomic E-state index is 12.3. The zero-order valence-electron chi connectivity index (χ0n) is 11.7. The number of carbonyl (C=O) groups excluding carboxylic acids is 1. The number of amides is 1. The van der Waals surface area contributed by atoms with E-state index < -0.39 is 0 Å². The van der Waals surface area contributed by atoms with E-state index >= 15 is 0 Å². The van der Waals surface area contributed by atoms with Crippen LogP contribution in [0.5, 0.6) is 0 Å². The Morgan fingerprint density at radius 1 is 1.14 bits per heavy atom. The Balaban J connectivity index is 1.80. The molecule has 2 aliphatic rings. The molecule has 4 nitrogen and oxygen atoms in total. The Hall–Kier alpha value is -2.62. The third-order valence-corrected chi connectivity index (χ3v) is 4.12. The molecule has 0 bridgehead atoms. The van der Waals surface area contributed by atoms with Crippen LogP contribution in [0.15, 0.2) is 53.5 Å². The minimum Gasteiger partial charge on any atom is -0.322 e. The van der Waals surface area contributed by atoms with E-state index in [0.717, 1.165) is 11.3 Å². The number of rotatable bonds is 1. The predicted molar refractivity (Wildman–Crippen MR) is 81.1 cm³/mol. The second kappa shape index (κ2) is 4.45. The van der Waals surface area contributed by atoms with Crippen LogP contribution in [-0.4, -0.2) is 16.8 Å². The van der Waals surface area contributed by atoms with Gasteiger partial charge in [-0.15, -0.1) is 0 Å². The van der Waals surface area contributed by atoms with Crippen molar-refractivity contribution in [2.45, 2.75) is 19.5 Å². The molecule has 104 valence electrons. The zero-order chi connectivity index (χ0) is 14.4. The molecule has 4 heteroatoms. The van der Waals surface area contributed by atoms with E-state index in [1.165, 1.54) is 11.1 Å². The van der Waals surface area contributed by atoms with Gasteiger partial charge in [-0.1, -0.05) is 42.5 Å². The topological polar surface area (TPSA) is 44.7 Å². The molecule has 0 saturated carbocycles. The monoisotopic (exact) mass is 277 g/mol. The first-order valence-corrected chi connectivity index (χ1v) is 7.03. The number of guanidine groups is 1. The molecule has 0 spiro atoms. The minimum atomic E-state index is -0.294. The number of aryl methyl sites for hydroxylation is 1. The number of hydrogen-bond donors (Lipinski definition) is 1. The van der Waals surface area contributed by atoms with Crippen LogP contribution in [0.1, 0.15) is 22.7 Å². The summed E-state index contributed by atoms with van der Waals surface area (Å²) in [5, 5.41) is 2.90. The van der Waals surface area contributed by atoms with Crippen LogP contribution in [0.3, 0.4) is 0 Å². The maximum Gasteiger partial charge on any atom is 0.254 e. The Kier molecular flexibility index (Phi) is 2.57. The van der Waals surface area contributed by atoms with Crippen molar-refractivity contribution in [3.8, 4) is 0 Å². The van der Waals surface area contributed by atoms with Gasteiger partial charge in [0.25, 0.3) is 5.91 Å². The average molecular weight is 277 g/mol. The SMILES string of the molecule is Cc1cccc2c1CN1C(=N2)NC(=O)C1c1ccccc1. The van der Waals surface area contributed by atoms with Gasteiger partial charge in [-0.25, -0.2) is 4.99 Å². The molecule has 1 N–H and O–H groups in total. The highest BCUT2D eigenvalue weighted by Crippen LogP contribution is 2.35. The number of aliphatic imine (C=N–C) groups is 1. The van der Waals surface area contributed by atoms with Crippen molar-refractivity contribution in [1.29, 1.82) is 0 Å². The smallest absolute Gasteiger partial charge is 0.254 e. The molecule has 1 unspecified atom stereocenters. The fraction of sp³-hybridized carbons (Fsp3) is 0.176. The van der Waals surface area contributed by atoms with Crippen molar-refractivity contribution in [2.24, 2.45) is 4.99 Å². The van der Waals surface area contributed by atoms with Gasteiger partial charge in [-0.3, -0.25) is 10.1 Å². The molecular formula is C17H15N3O. The second-order valence-electron chi connectivity index (χ2n) is 5.44. The number of carbonyl (C=O) groups is 1. The highest BCUT2D eigenvalue weighted by molar-refractivity contribution is 6.08. The summed E-state index contributed by atoms with van der Waals surface area (Å²) >= 11 is 0. The van der Waals surface area contributed by atoms with Gasteiger partial charge in [0.05, 0.1) is 5.69 Å². The van der Waals surface area contributed by atoms with Gasteiger partial charge in [0.2, 0.25) is 5.96 Å². The summed E-state index contributed by atoms with van der Waals surface area (Å²) in [6, 6.07) is 15.6. The first kappa shape index (κ1) is 12.1. The van der Waals surface area contributed by atoms with E-state index in [9.17, 15) is 4.79 Å². The lowest BCUT2D eigenvalue weighted by atomic mass is 10.0. The van der Waals surface area contributed by atoms with Crippen LogP contribution in [0.2, 0.25) is 0 Å². The third kappa shape index (κ3) is 1.83. The Bertz CT molecular complexity index is 752. The molecule has 1 atom stereocenters. The Morgan fingerprint density at radius 2 is 1.95 bits per heavy atom. The van der Waals surface area contributed by atoms with Gasteiger partial charge in [-0.05, 0) is 24.1 Å². The summed E-state index contributed by atoms with van der Waals surface area (Å²) in [5.41, 5.74) is 4.35. The summed E-state index contributed by atoms with van der Waals surface area (Å²) in [7, 11) is 0. The summed E-state index contributed by atoms with van der Waals surface area (Å²) in [4.78, 5) is 19.0. The minimum absolute atomic E-state index is 0.00888. The van der Waals surface area contributed by atoms with Crippen LogP contribution < -0.4 is 5.32 Å². The molecule has 21 heavy (non-hydrogen) atoms. The quantitative estimate of drug-likeness (QED) is 0.871. The highest BCUT2D eigenvalue weighted by atomic mass is 16.2. The molecular weight excluding hydrogens is 262 g/mol. The largest absolute Gasteiger partial charge is 0.322 e. The number of nitrogens with one attached hydrogen (secondary N) is 1. The Morgan fingerprint density at radius 3 is 2.76 bits per heavy atom. The predicted octanol–water partition coefficient (Wildman–Crippen LogP) is 2.67. The fourth-order valence-electron chi connectivity index (χ4n) is 3.02. The van der Waals surface area contributed by atoms with Crippen molar-refractivity contribution in [3.05, 3.63) is 65.2 Å². The fourth-order valence-corrected chi connectivity index (χ4v) is 3.02. The van der Waals surface area contributed by atoms with Crippen LogP contribution in [-0.2, 0) is 11.3 Å². The standard InChI is InChI=1S/C17H15N3O/c1-11-6-5-9-14-13(11)10-20-15(12-7-3-2-4-8-12)16(21)19-17(20)18-14/h2-9,15H,10H2,1H3,(H,18,19,21). The average Bonchev–Trinajstić information content (AvgIpc) is 2.81. The van der Waals surface area contributed by atoms with Gasteiger partial charge < -0.3 is 4.90 Å². The van der Waals surface area contributed by atoms with Gasteiger partial charge in [0.1, 0.15) is 6.04 Å². The molecule has 0 aliphatic carbocycles. The van der Waals surface area contributed by atoms with Crippen molar-refractivity contribution in [1.82, 2.24) is 10.2 Å². The van der Waals surface area contributed by atoms with Crippen LogP contribution >= 0.6 is 0 Å². The Labute approximate surface area is 123 Å². The molecule has 2 aromatic carbocycles. The van der Waals surface area contributed by atoms with Crippen LogP contribution in [0, 0.1) is 6.92 Å². The first-order valence-electron chi connectivity index (χ1n) is 7.03. The molecule has 0 radical (unpaired) electrons. The highest BCUT2D eigenvalue weighted by Gasteiger charge is 2.40. The van der Waals surface area contributed by atoms with Gasteiger partial charge in [-0.2, -0.15) is 0 Å². The zero-order valence-corrected chi connectivity index (χ0v) is 11.7. The second-order valence-corrected chi connectivity index (χ2v) is 5.44. The van der Waals surface area contributed by atoms with Crippen molar-refractivity contribution < 1.29 is 4.79 Å². The molecule has 2 aliphatic heterocycles. The summed E-state index contributed by atoms with van der Waals surface area (Å²) in [6.45, 7) is 2.79. The van der Waals surface area contributed by atoms with E-state index in [-0.39, 0.29) is 11.9 Å². The lowest BCUT2D eigenvalue weighted by Gasteiger charge is -2.28. The first-order chi connectivity index (χ1) is 10.2. The molecule has 0 aromatic heterocycles. The van der Waals surface area contributed by atoms with Gasteiger partial charge >= 0.3 is 0 Å². The molecule has 2 aromatic rings. The van der Waals surface area contributed by atoms with E-state index in [1.807, 2.05) is 47.4 Å². The maximum absolute atomic E-state index is 12.3. The third-order valence-electron chi connectivity index (χ3n) is 4.12. The molecule has 1 fully saturated rings.